The van der Waals surface area contributed by atoms with Crippen molar-refractivity contribution in [2.24, 2.45) is 0 Å². The van der Waals surface area contributed by atoms with Crippen molar-refractivity contribution in [1.29, 1.82) is 0 Å². The fraction of sp³-hybridized carbons (Fsp3) is 0.375. The summed E-state index contributed by atoms with van der Waals surface area (Å²) < 4.78 is 5.02. The first-order valence-electron chi connectivity index (χ1n) is 8.00. The molecule has 0 radical (unpaired) electrons. The minimum atomic E-state index is -0.529. The van der Waals surface area contributed by atoms with Gasteiger partial charge in [0.2, 0.25) is 11.8 Å². The second kappa shape index (κ2) is 6.93. The van der Waals surface area contributed by atoms with Crippen molar-refractivity contribution in [1.82, 2.24) is 20.1 Å². The number of nitrogens with one attached hydrogen (secondary N) is 1. The Labute approximate surface area is 151 Å². The molecule has 0 spiro atoms. The SMILES string of the molecule is O=C(Cc1csc(-c2cccs2)n1)N1CCC(c2n[nH]c(=O)o2)CC1. The molecule has 0 saturated carbocycles. The number of carbonyl (C=O) groups excluding carboxylic acids is 1. The third-order valence-corrected chi connectivity index (χ3v) is 6.20. The topological polar surface area (TPSA) is 92.1 Å². The van der Waals surface area contributed by atoms with Gasteiger partial charge in [-0.15, -0.1) is 27.8 Å². The van der Waals surface area contributed by atoms with E-state index >= 15 is 0 Å². The molecule has 0 bridgehead atoms. The van der Waals surface area contributed by atoms with Crippen LogP contribution in [0.5, 0.6) is 0 Å². The number of aromatic nitrogens is 3. The van der Waals surface area contributed by atoms with E-state index in [1.807, 2.05) is 27.8 Å². The van der Waals surface area contributed by atoms with Crippen molar-refractivity contribution in [2.45, 2.75) is 25.2 Å². The lowest BCUT2D eigenvalue weighted by Gasteiger charge is -2.30. The summed E-state index contributed by atoms with van der Waals surface area (Å²) >= 11 is 3.22. The number of carbonyl (C=O) groups is 1. The van der Waals surface area contributed by atoms with Gasteiger partial charge in [0.1, 0.15) is 5.01 Å². The van der Waals surface area contributed by atoms with E-state index in [0.717, 1.165) is 28.4 Å². The van der Waals surface area contributed by atoms with E-state index in [-0.39, 0.29) is 11.8 Å². The Morgan fingerprint density at radius 3 is 2.88 bits per heavy atom. The molecule has 7 nitrogen and oxygen atoms in total. The zero-order valence-electron chi connectivity index (χ0n) is 13.3. The van der Waals surface area contributed by atoms with Gasteiger partial charge in [-0.25, -0.2) is 14.9 Å². The molecule has 4 rings (SSSR count). The summed E-state index contributed by atoms with van der Waals surface area (Å²) in [6.45, 7) is 1.28. The Kier molecular flexibility index (Phi) is 4.50. The Morgan fingerprint density at radius 2 is 2.20 bits per heavy atom. The van der Waals surface area contributed by atoms with E-state index in [1.54, 1.807) is 22.7 Å². The molecule has 1 saturated heterocycles. The fourth-order valence-corrected chi connectivity index (χ4v) is 4.59. The van der Waals surface area contributed by atoms with E-state index in [0.29, 0.717) is 25.4 Å². The molecule has 1 fully saturated rings. The first-order valence-corrected chi connectivity index (χ1v) is 9.76. The van der Waals surface area contributed by atoms with Crippen LogP contribution in [-0.2, 0) is 11.2 Å². The molecule has 0 aliphatic carbocycles. The largest absolute Gasteiger partial charge is 0.434 e. The van der Waals surface area contributed by atoms with E-state index in [2.05, 4.69) is 15.2 Å². The first kappa shape index (κ1) is 16.2. The number of thiophene rings is 1. The van der Waals surface area contributed by atoms with Crippen LogP contribution < -0.4 is 5.76 Å². The second-order valence-electron chi connectivity index (χ2n) is 5.90. The number of nitrogens with zero attached hydrogens (tertiary/aromatic N) is 3. The van der Waals surface area contributed by atoms with Crippen molar-refractivity contribution >= 4 is 28.6 Å². The zero-order chi connectivity index (χ0) is 17.2. The molecule has 1 amide bonds. The van der Waals surface area contributed by atoms with Crippen molar-refractivity contribution in [2.75, 3.05) is 13.1 Å². The number of piperidine rings is 1. The number of thiazole rings is 1. The van der Waals surface area contributed by atoms with Gasteiger partial charge in [0.25, 0.3) is 0 Å². The molecule has 4 heterocycles. The predicted molar refractivity (Wildman–Crippen MR) is 94.8 cm³/mol. The third kappa shape index (κ3) is 3.57. The summed E-state index contributed by atoms with van der Waals surface area (Å²) in [7, 11) is 0. The Bertz CT molecular complexity index is 904. The maximum atomic E-state index is 12.5. The molecule has 3 aromatic rings. The summed E-state index contributed by atoms with van der Waals surface area (Å²) in [5.41, 5.74) is 0.818. The number of hydrogen-bond donors (Lipinski definition) is 1. The van der Waals surface area contributed by atoms with Gasteiger partial charge in [0, 0.05) is 24.4 Å². The molecular weight excluding hydrogens is 360 g/mol. The summed E-state index contributed by atoms with van der Waals surface area (Å²) in [6.07, 6.45) is 1.82. The van der Waals surface area contributed by atoms with Gasteiger partial charge in [0.05, 0.1) is 17.0 Å². The second-order valence-corrected chi connectivity index (χ2v) is 7.71. The number of aromatic amines is 1. The average molecular weight is 376 g/mol. The Balaban J connectivity index is 1.34. The molecule has 9 heteroatoms. The number of likely N-dealkylation sites (tertiary alicyclic amines) is 1. The maximum Gasteiger partial charge on any atom is 0.434 e. The van der Waals surface area contributed by atoms with E-state index < -0.39 is 5.76 Å². The van der Waals surface area contributed by atoms with Gasteiger partial charge in [0.15, 0.2) is 0 Å². The van der Waals surface area contributed by atoms with Crippen molar-refractivity contribution in [3.8, 4) is 9.88 Å². The third-order valence-electron chi connectivity index (χ3n) is 4.27. The summed E-state index contributed by atoms with van der Waals surface area (Å²) in [6, 6.07) is 4.03. The Morgan fingerprint density at radius 1 is 1.36 bits per heavy atom. The van der Waals surface area contributed by atoms with Gasteiger partial charge in [-0.1, -0.05) is 6.07 Å². The minimum absolute atomic E-state index is 0.0879. The highest BCUT2D eigenvalue weighted by atomic mass is 32.1. The van der Waals surface area contributed by atoms with Crippen LogP contribution in [0.3, 0.4) is 0 Å². The Hall–Kier alpha value is -2.26. The lowest BCUT2D eigenvalue weighted by Crippen LogP contribution is -2.38. The van der Waals surface area contributed by atoms with Crippen LogP contribution >= 0.6 is 22.7 Å². The van der Waals surface area contributed by atoms with E-state index in [9.17, 15) is 9.59 Å². The molecule has 0 atom stereocenters. The number of H-pyrrole nitrogens is 1. The summed E-state index contributed by atoms with van der Waals surface area (Å²) in [5, 5.41) is 11.1. The van der Waals surface area contributed by atoms with Gasteiger partial charge in [-0.3, -0.25) is 4.79 Å². The highest BCUT2D eigenvalue weighted by molar-refractivity contribution is 7.20. The minimum Gasteiger partial charge on any atom is -0.392 e. The lowest BCUT2D eigenvalue weighted by atomic mass is 9.96. The fourth-order valence-electron chi connectivity index (χ4n) is 2.96. The van der Waals surface area contributed by atoms with E-state index in [4.69, 9.17) is 4.42 Å². The normalized spacial score (nSPS) is 15.6. The zero-order valence-corrected chi connectivity index (χ0v) is 14.9. The van der Waals surface area contributed by atoms with Gasteiger partial charge >= 0.3 is 5.76 Å². The summed E-state index contributed by atoms with van der Waals surface area (Å²) in [4.78, 5) is 31.1. The molecule has 1 aliphatic heterocycles. The van der Waals surface area contributed by atoms with Crippen LogP contribution in [0.4, 0.5) is 0 Å². The van der Waals surface area contributed by atoms with E-state index in [1.165, 1.54) is 0 Å². The highest BCUT2D eigenvalue weighted by Gasteiger charge is 2.27. The molecule has 25 heavy (non-hydrogen) atoms. The van der Waals surface area contributed by atoms with Crippen molar-refractivity contribution in [3.63, 3.8) is 0 Å². The molecule has 130 valence electrons. The van der Waals surface area contributed by atoms with Gasteiger partial charge in [-0.2, -0.15) is 0 Å². The molecule has 1 aliphatic rings. The van der Waals surface area contributed by atoms with Crippen molar-refractivity contribution in [3.05, 3.63) is 45.0 Å². The van der Waals surface area contributed by atoms with Gasteiger partial charge in [-0.05, 0) is 24.3 Å². The first-order chi connectivity index (χ1) is 12.2. The van der Waals surface area contributed by atoms with Crippen LogP contribution in [0.15, 0.2) is 32.1 Å². The maximum absolute atomic E-state index is 12.5. The van der Waals surface area contributed by atoms with Crippen LogP contribution in [0.25, 0.3) is 9.88 Å². The smallest absolute Gasteiger partial charge is 0.392 e. The number of hydrogen-bond acceptors (Lipinski definition) is 7. The quantitative estimate of drug-likeness (QED) is 0.755. The standard InChI is InChI=1S/C16H16N4O3S2/c21-13(8-11-9-25-15(17-11)12-2-1-7-24-12)20-5-3-10(4-6-20)14-18-19-16(22)23-14/h1-2,7,9-10H,3-6,8H2,(H,19,22). The monoisotopic (exact) mass is 376 g/mol. The predicted octanol–water partition coefficient (Wildman–Crippen LogP) is 2.50. The van der Waals surface area contributed by atoms with Crippen LogP contribution in [0.2, 0.25) is 0 Å². The summed E-state index contributed by atoms with van der Waals surface area (Å²) in [5.74, 6) is 0.0911. The highest BCUT2D eigenvalue weighted by Crippen LogP contribution is 2.29. The molecule has 3 aromatic heterocycles. The van der Waals surface area contributed by atoms with Crippen LogP contribution in [0, 0.1) is 0 Å². The molecule has 1 N–H and O–H groups in total. The lowest BCUT2D eigenvalue weighted by molar-refractivity contribution is -0.131. The van der Waals surface area contributed by atoms with Crippen LogP contribution in [0.1, 0.15) is 30.3 Å². The van der Waals surface area contributed by atoms with Crippen molar-refractivity contribution < 1.29 is 9.21 Å². The molecular formula is C16H16N4O3S2. The molecule has 0 unspecified atom stereocenters. The average Bonchev–Trinajstić information content (AvgIpc) is 3.36. The number of rotatable bonds is 4. The number of amides is 1. The molecule has 0 aromatic carbocycles. The van der Waals surface area contributed by atoms with Crippen LogP contribution in [-0.4, -0.2) is 39.1 Å². The van der Waals surface area contributed by atoms with Gasteiger partial charge < -0.3 is 9.32 Å².